The van der Waals surface area contributed by atoms with Crippen molar-refractivity contribution in [2.75, 3.05) is 39.2 Å². The Morgan fingerprint density at radius 3 is 2.62 bits per heavy atom. The van der Waals surface area contributed by atoms with Gasteiger partial charge in [-0.05, 0) is 43.9 Å². The number of amides is 1. The summed E-state index contributed by atoms with van der Waals surface area (Å²) in [5.41, 5.74) is 9.10. The number of carbonyl (C=O) groups excluding carboxylic acids is 1. The molecule has 0 saturated heterocycles. The first-order chi connectivity index (χ1) is 10.1. The average Bonchev–Trinajstić information content (AvgIpc) is 2.45. The second-order valence-electron chi connectivity index (χ2n) is 5.09. The number of hydrogen-bond donors (Lipinski definition) is 2. The van der Waals surface area contributed by atoms with E-state index in [2.05, 4.69) is 5.32 Å². The predicted octanol–water partition coefficient (Wildman–Crippen LogP) is 2.06. The number of nitrogens with two attached hydrogens (primary N) is 1. The van der Waals surface area contributed by atoms with Gasteiger partial charge in [0.15, 0.2) is 0 Å². The average molecular weight is 294 g/mol. The van der Waals surface area contributed by atoms with Gasteiger partial charge in [-0.3, -0.25) is 4.79 Å². The Kier molecular flexibility index (Phi) is 7.79. The van der Waals surface area contributed by atoms with Crippen LogP contribution in [0, 0.1) is 13.8 Å². The predicted molar refractivity (Wildman–Crippen MR) is 84.6 cm³/mol. The summed E-state index contributed by atoms with van der Waals surface area (Å²) in [6.07, 6.45) is 1.80. The van der Waals surface area contributed by atoms with Crippen LogP contribution in [0.25, 0.3) is 0 Å². The monoisotopic (exact) mass is 294 g/mol. The number of hydrogen-bond acceptors (Lipinski definition) is 4. The fourth-order valence-corrected chi connectivity index (χ4v) is 1.98. The van der Waals surface area contributed by atoms with Crippen LogP contribution >= 0.6 is 0 Å². The first-order valence-corrected chi connectivity index (χ1v) is 7.28. The van der Waals surface area contributed by atoms with Crippen molar-refractivity contribution in [2.45, 2.75) is 26.7 Å². The molecular formula is C16H26N2O3. The molecule has 0 atom stereocenters. The highest BCUT2D eigenvalue weighted by molar-refractivity contribution is 5.96. The molecule has 1 aromatic rings. The number of unbranched alkanes of at least 4 members (excludes halogenated alkanes) is 1. The van der Waals surface area contributed by atoms with Gasteiger partial charge in [-0.1, -0.05) is 6.07 Å². The lowest BCUT2D eigenvalue weighted by Crippen LogP contribution is -2.25. The van der Waals surface area contributed by atoms with Crippen molar-refractivity contribution in [3.63, 3.8) is 0 Å². The lowest BCUT2D eigenvalue weighted by atomic mass is 10.0. The number of ether oxygens (including phenoxy) is 2. The van der Waals surface area contributed by atoms with Crippen LogP contribution in [0.2, 0.25) is 0 Å². The van der Waals surface area contributed by atoms with Crippen molar-refractivity contribution in [3.05, 3.63) is 28.8 Å². The van der Waals surface area contributed by atoms with Gasteiger partial charge in [0.2, 0.25) is 0 Å². The molecule has 1 rings (SSSR count). The number of carbonyl (C=O) groups is 1. The van der Waals surface area contributed by atoms with Crippen LogP contribution in [-0.2, 0) is 9.47 Å². The van der Waals surface area contributed by atoms with Crippen molar-refractivity contribution in [3.8, 4) is 0 Å². The zero-order valence-electron chi connectivity index (χ0n) is 13.2. The molecule has 0 fully saturated rings. The maximum atomic E-state index is 12.1. The molecule has 118 valence electrons. The Bertz CT molecular complexity index is 461. The van der Waals surface area contributed by atoms with E-state index >= 15 is 0 Å². The zero-order valence-corrected chi connectivity index (χ0v) is 13.2. The summed E-state index contributed by atoms with van der Waals surface area (Å²) < 4.78 is 10.2. The fourth-order valence-electron chi connectivity index (χ4n) is 1.98. The topological polar surface area (TPSA) is 73.6 Å². The van der Waals surface area contributed by atoms with Crippen molar-refractivity contribution >= 4 is 11.6 Å². The third kappa shape index (κ3) is 6.14. The first-order valence-electron chi connectivity index (χ1n) is 7.28. The summed E-state index contributed by atoms with van der Waals surface area (Å²) in [4.78, 5) is 12.1. The first kappa shape index (κ1) is 17.5. The SMILES string of the molecule is COCCOCCCCNC(=O)c1cc(N)c(C)cc1C. The van der Waals surface area contributed by atoms with Crippen LogP contribution in [-0.4, -0.2) is 39.4 Å². The standard InChI is InChI=1S/C16H26N2O3/c1-12-10-13(2)15(17)11-14(12)16(19)18-6-4-5-7-21-9-8-20-3/h10-11H,4-9,17H2,1-3H3,(H,18,19). The maximum Gasteiger partial charge on any atom is 0.251 e. The van der Waals surface area contributed by atoms with E-state index in [0.717, 1.165) is 24.0 Å². The van der Waals surface area contributed by atoms with Crippen LogP contribution in [0.1, 0.15) is 34.3 Å². The Hall–Kier alpha value is -1.59. The number of anilines is 1. The molecule has 0 heterocycles. The Labute approximate surface area is 126 Å². The minimum Gasteiger partial charge on any atom is -0.398 e. The highest BCUT2D eigenvalue weighted by Gasteiger charge is 2.10. The van der Waals surface area contributed by atoms with Gasteiger partial charge in [0.25, 0.3) is 5.91 Å². The molecule has 0 radical (unpaired) electrons. The molecule has 5 heteroatoms. The number of nitrogens with one attached hydrogen (secondary N) is 1. The van der Waals surface area contributed by atoms with Crippen molar-refractivity contribution in [1.29, 1.82) is 0 Å². The highest BCUT2D eigenvalue weighted by atomic mass is 16.5. The zero-order chi connectivity index (χ0) is 15.7. The van der Waals surface area contributed by atoms with Gasteiger partial charge in [0, 0.05) is 31.5 Å². The van der Waals surface area contributed by atoms with Crippen molar-refractivity contribution in [1.82, 2.24) is 5.32 Å². The largest absolute Gasteiger partial charge is 0.398 e. The summed E-state index contributed by atoms with van der Waals surface area (Å²) in [5, 5.41) is 2.91. The third-order valence-corrected chi connectivity index (χ3v) is 3.29. The van der Waals surface area contributed by atoms with Gasteiger partial charge in [-0.15, -0.1) is 0 Å². The molecule has 0 saturated carbocycles. The summed E-state index contributed by atoms with van der Waals surface area (Å²) in [6, 6.07) is 3.68. The van der Waals surface area contributed by atoms with Crippen LogP contribution < -0.4 is 11.1 Å². The summed E-state index contributed by atoms with van der Waals surface area (Å²) in [7, 11) is 1.65. The van der Waals surface area contributed by atoms with E-state index in [-0.39, 0.29) is 5.91 Å². The van der Waals surface area contributed by atoms with Gasteiger partial charge < -0.3 is 20.5 Å². The number of aryl methyl sites for hydroxylation is 2. The lowest BCUT2D eigenvalue weighted by molar-refractivity contribution is 0.0686. The Morgan fingerprint density at radius 1 is 1.14 bits per heavy atom. The van der Waals surface area contributed by atoms with Crippen molar-refractivity contribution in [2.24, 2.45) is 0 Å². The van der Waals surface area contributed by atoms with Gasteiger partial charge >= 0.3 is 0 Å². The maximum absolute atomic E-state index is 12.1. The minimum absolute atomic E-state index is 0.0699. The van der Waals surface area contributed by atoms with Crippen LogP contribution in [0.4, 0.5) is 5.69 Å². The molecule has 1 aromatic carbocycles. The van der Waals surface area contributed by atoms with E-state index in [9.17, 15) is 4.79 Å². The molecule has 0 bridgehead atoms. The molecule has 0 aliphatic heterocycles. The van der Waals surface area contributed by atoms with Crippen LogP contribution in [0.5, 0.6) is 0 Å². The van der Waals surface area contributed by atoms with E-state index in [1.165, 1.54) is 0 Å². The second kappa shape index (κ2) is 9.37. The van der Waals surface area contributed by atoms with E-state index in [1.54, 1.807) is 13.2 Å². The smallest absolute Gasteiger partial charge is 0.251 e. The minimum atomic E-state index is -0.0699. The lowest BCUT2D eigenvalue weighted by Gasteiger charge is -2.10. The summed E-state index contributed by atoms with van der Waals surface area (Å²) >= 11 is 0. The molecule has 0 aliphatic carbocycles. The molecule has 0 aromatic heterocycles. The van der Waals surface area contributed by atoms with Crippen LogP contribution in [0.3, 0.4) is 0 Å². The van der Waals surface area contributed by atoms with Gasteiger partial charge in [-0.2, -0.15) is 0 Å². The quantitative estimate of drug-likeness (QED) is 0.540. The van der Waals surface area contributed by atoms with E-state index in [4.69, 9.17) is 15.2 Å². The van der Waals surface area contributed by atoms with E-state index < -0.39 is 0 Å². The normalized spacial score (nSPS) is 10.6. The van der Waals surface area contributed by atoms with E-state index in [0.29, 0.717) is 37.6 Å². The number of benzene rings is 1. The Morgan fingerprint density at radius 2 is 1.90 bits per heavy atom. The molecule has 0 aliphatic rings. The van der Waals surface area contributed by atoms with Gasteiger partial charge in [0.1, 0.15) is 0 Å². The fraction of sp³-hybridized carbons (Fsp3) is 0.562. The number of methoxy groups -OCH3 is 1. The van der Waals surface area contributed by atoms with Gasteiger partial charge in [0.05, 0.1) is 13.2 Å². The third-order valence-electron chi connectivity index (χ3n) is 3.29. The van der Waals surface area contributed by atoms with Crippen molar-refractivity contribution < 1.29 is 14.3 Å². The molecule has 0 spiro atoms. The Balaban J connectivity index is 2.27. The number of nitrogen functional groups attached to an aromatic ring is 1. The summed E-state index contributed by atoms with van der Waals surface area (Å²) in [5.74, 6) is -0.0699. The highest BCUT2D eigenvalue weighted by Crippen LogP contribution is 2.17. The molecule has 5 nitrogen and oxygen atoms in total. The van der Waals surface area contributed by atoms with Crippen LogP contribution in [0.15, 0.2) is 12.1 Å². The van der Waals surface area contributed by atoms with Gasteiger partial charge in [-0.25, -0.2) is 0 Å². The molecule has 1 amide bonds. The molecule has 3 N–H and O–H groups in total. The number of rotatable bonds is 9. The van der Waals surface area contributed by atoms with E-state index in [1.807, 2.05) is 19.9 Å². The molecular weight excluding hydrogens is 268 g/mol. The second-order valence-corrected chi connectivity index (χ2v) is 5.09. The molecule has 21 heavy (non-hydrogen) atoms. The molecule has 0 unspecified atom stereocenters. The summed E-state index contributed by atoms with van der Waals surface area (Å²) in [6.45, 7) is 6.42.